The zero-order valence-corrected chi connectivity index (χ0v) is 13.2. The second kappa shape index (κ2) is 5.44. The van der Waals surface area contributed by atoms with E-state index < -0.39 is 0 Å². The van der Waals surface area contributed by atoms with E-state index in [0.29, 0.717) is 5.56 Å². The van der Waals surface area contributed by atoms with Crippen molar-refractivity contribution in [3.05, 3.63) is 65.7 Å². The molecule has 0 saturated heterocycles. The van der Waals surface area contributed by atoms with E-state index in [1.807, 2.05) is 61.5 Å². The van der Waals surface area contributed by atoms with Crippen LogP contribution in [0.3, 0.4) is 0 Å². The highest BCUT2D eigenvalue weighted by atomic mass is 32.1. The fraction of sp³-hybridized carbons (Fsp3) is 0.0556. The van der Waals surface area contributed by atoms with Crippen molar-refractivity contribution in [3.8, 4) is 0 Å². The number of carbonyl (C=O) groups excluding carboxylic acids is 1. The first kappa shape index (κ1) is 13.8. The fourth-order valence-electron chi connectivity index (χ4n) is 2.63. The average Bonchev–Trinajstić information content (AvgIpc) is 3.06. The summed E-state index contributed by atoms with van der Waals surface area (Å²) in [5, 5.41) is 5.15. The van der Waals surface area contributed by atoms with Crippen LogP contribution in [0.1, 0.15) is 15.9 Å². The molecule has 0 saturated carbocycles. The number of aryl methyl sites for hydroxylation is 1. The van der Waals surface area contributed by atoms with Crippen LogP contribution in [0.5, 0.6) is 0 Å². The SMILES string of the molecule is Cc1ccc2nsnc2c1NC(=O)c1ccc2ccccc2c1. The van der Waals surface area contributed by atoms with Crippen LogP contribution in [0.25, 0.3) is 21.8 Å². The summed E-state index contributed by atoms with van der Waals surface area (Å²) >= 11 is 1.15. The smallest absolute Gasteiger partial charge is 0.255 e. The number of nitrogens with zero attached hydrogens (tertiary/aromatic N) is 2. The first-order chi connectivity index (χ1) is 11.2. The minimum atomic E-state index is -0.139. The predicted molar refractivity (Wildman–Crippen MR) is 94.1 cm³/mol. The van der Waals surface area contributed by atoms with E-state index in [9.17, 15) is 4.79 Å². The first-order valence-electron chi connectivity index (χ1n) is 7.24. The zero-order valence-electron chi connectivity index (χ0n) is 12.4. The van der Waals surface area contributed by atoms with Gasteiger partial charge in [0, 0.05) is 5.56 Å². The highest BCUT2D eigenvalue weighted by molar-refractivity contribution is 7.00. The van der Waals surface area contributed by atoms with Gasteiger partial charge in [0.1, 0.15) is 11.0 Å². The summed E-state index contributed by atoms with van der Waals surface area (Å²) in [5.41, 5.74) is 3.87. The van der Waals surface area contributed by atoms with E-state index >= 15 is 0 Å². The quantitative estimate of drug-likeness (QED) is 0.595. The second-order valence-corrected chi connectivity index (χ2v) is 5.93. The molecule has 0 unspecified atom stereocenters. The van der Waals surface area contributed by atoms with Crippen LogP contribution in [-0.4, -0.2) is 14.7 Å². The predicted octanol–water partition coefficient (Wildman–Crippen LogP) is 4.41. The van der Waals surface area contributed by atoms with Crippen LogP contribution in [0, 0.1) is 6.92 Å². The number of nitrogens with one attached hydrogen (secondary N) is 1. The molecule has 0 radical (unpaired) electrons. The number of anilines is 1. The first-order valence-corrected chi connectivity index (χ1v) is 7.97. The van der Waals surface area contributed by atoms with Gasteiger partial charge in [0.05, 0.1) is 17.4 Å². The topological polar surface area (TPSA) is 54.9 Å². The summed E-state index contributed by atoms with van der Waals surface area (Å²) in [6.45, 7) is 1.95. The summed E-state index contributed by atoms with van der Waals surface area (Å²) in [4.78, 5) is 12.6. The van der Waals surface area contributed by atoms with Gasteiger partial charge in [-0.25, -0.2) is 0 Å². The molecule has 1 N–H and O–H groups in total. The molecular formula is C18H13N3OS. The summed E-state index contributed by atoms with van der Waals surface area (Å²) in [5.74, 6) is -0.139. The Hall–Kier alpha value is -2.79. The summed E-state index contributed by atoms with van der Waals surface area (Å²) in [6, 6.07) is 17.6. The monoisotopic (exact) mass is 319 g/mol. The van der Waals surface area contributed by atoms with Crippen molar-refractivity contribution in [2.45, 2.75) is 6.92 Å². The van der Waals surface area contributed by atoms with Gasteiger partial charge in [-0.2, -0.15) is 8.75 Å². The number of amides is 1. The van der Waals surface area contributed by atoms with Crippen molar-refractivity contribution in [2.75, 3.05) is 5.32 Å². The molecule has 0 fully saturated rings. The molecule has 112 valence electrons. The van der Waals surface area contributed by atoms with Crippen molar-refractivity contribution in [1.29, 1.82) is 0 Å². The van der Waals surface area contributed by atoms with Crippen molar-refractivity contribution in [1.82, 2.24) is 8.75 Å². The Balaban J connectivity index is 1.73. The van der Waals surface area contributed by atoms with Crippen LogP contribution >= 0.6 is 11.7 Å². The molecule has 1 amide bonds. The third kappa shape index (κ3) is 2.45. The van der Waals surface area contributed by atoms with Crippen LogP contribution < -0.4 is 5.32 Å². The summed E-state index contributed by atoms with van der Waals surface area (Å²) in [6.07, 6.45) is 0. The Kier molecular flexibility index (Phi) is 3.28. The zero-order chi connectivity index (χ0) is 15.8. The number of rotatable bonds is 2. The molecule has 0 bridgehead atoms. The molecule has 4 rings (SSSR count). The third-order valence-corrected chi connectivity index (χ3v) is 4.43. The number of aromatic nitrogens is 2. The van der Waals surface area contributed by atoms with E-state index in [4.69, 9.17) is 0 Å². The largest absolute Gasteiger partial charge is 0.320 e. The Morgan fingerprint density at radius 2 is 1.83 bits per heavy atom. The minimum Gasteiger partial charge on any atom is -0.320 e. The van der Waals surface area contributed by atoms with Crippen molar-refractivity contribution in [3.63, 3.8) is 0 Å². The lowest BCUT2D eigenvalue weighted by Gasteiger charge is -2.09. The van der Waals surface area contributed by atoms with Crippen molar-refractivity contribution >= 4 is 45.1 Å². The maximum absolute atomic E-state index is 12.6. The number of hydrogen-bond donors (Lipinski definition) is 1. The van der Waals surface area contributed by atoms with Gasteiger partial charge < -0.3 is 5.32 Å². The lowest BCUT2D eigenvalue weighted by molar-refractivity contribution is 0.102. The molecule has 3 aromatic carbocycles. The van der Waals surface area contributed by atoms with Crippen LogP contribution in [-0.2, 0) is 0 Å². The molecule has 4 nitrogen and oxygen atoms in total. The summed E-state index contributed by atoms with van der Waals surface area (Å²) in [7, 11) is 0. The number of fused-ring (bicyclic) bond motifs is 2. The average molecular weight is 319 g/mol. The fourth-order valence-corrected chi connectivity index (χ4v) is 3.17. The maximum Gasteiger partial charge on any atom is 0.255 e. The van der Waals surface area contributed by atoms with Crippen molar-refractivity contribution in [2.24, 2.45) is 0 Å². The standard InChI is InChI=1S/C18H13N3OS/c1-11-6-9-15-17(21-23-20-15)16(11)19-18(22)14-8-7-12-4-2-3-5-13(12)10-14/h2-10H,1H3,(H,19,22). The Morgan fingerprint density at radius 3 is 2.70 bits per heavy atom. The van der Waals surface area contributed by atoms with Gasteiger partial charge in [0.25, 0.3) is 5.91 Å². The maximum atomic E-state index is 12.6. The van der Waals surface area contributed by atoms with E-state index in [2.05, 4.69) is 14.1 Å². The van der Waals surface area contributed by atoms with Gasteiger partial charge in [-0.1, -0.05) is 36.4 Å². The molecule has 0 aliphatic heterocycles. The highest BCUT2D eigenvalue weighted by Gasteiger charge is 2.13. The van der Waals surface area contributed by atoms with Gasteiger partial charge in [0.2, 0.25) is 0 Å². The van der Waals surface area contributed by atoms with Crippen molar-refractivity contribution < 1.29 is 4.79 Å². The van der Waals surface area contributed by atoms with Crippen LogP contribution in [0.2, 0.25) is 0 Å². The Labute approximate surface area is 137 Å². The number of hydrogen-bond acceptors (Lipinski definition) is 4. The molecule has 0 atom stereocenters. The third-order valence-electron chi connectivity index (χ3n) is 3.89. The molecule has 5 heteroatoms. The van der Waals surface area contributed by atoms with E-state index in [1.54, 1.807) is 0 Å². The van der Waals surface area contributed by atoms with Gasteiger partial charge in [-0.05, 0) is 41.5 Å². The van der Waals surface area contributed by atoms with Gasteiger partial charge in [-0.15, -0.1) is 0 Å². The molecule has 0 spiro atoms. The number of benzene rings is 3. The highest BCUT2D eigenvalue weighted by Crippen LogP contribution is 2.26. The minimum absolute atomic E-state index is 0.139. The molecule has 0 aliphatic rings. The molecular weight excluding hydrogens is 306 g/mol. The lowest BCUT2D eigenvalue weighted by Crippen LogP contribution is -2.13. The van der Waals surface area contributed by atoms with Gasteiger partial charge >= 0.3 is 0 Å². The van der Waals surface area contributed by atoms with E-state index in [0.717, 1.165) is 44.8 Å². The number of carbonyl (C=O) groups is 1. The van der Waals surface area contributed by atoms with E-state index in [1.165, 1.54) is 0 Å². The molecule has 23 heavy (non-hydrogen) atoms. The Morgan fingerprint density at radius 1 is 1.00 bits per heavy atom. The Bertz CT molecular complexity index is 1040. The summed E-state index contributed by atoms with van der Waals surface area (Å²) < 4.78 is 8.51. The molecule has 0 aliphatic carbocycles. The van der Waals surface area contributed by atoms with Crippen LogP contribution in [0.15, 0.2) is 54.6 Å². The lowest BCUT2D eigenvalue weighted by atomic mass is 10.1. The van der Waals surface area contributed by atoms with Crippen LogP contribution in [0.4, 0.5) is 5.69 Å². The normalized spacial score (nSPS) is 11.0. The van der Waals surface area contributed by atoms with E-state index in [-0.39, 0.29) is 5.91 Å². The molecule has 4 aromatic rings. The molecule has 1 heterocycles. The van der Waals surface area contributed by atoms with Gasteiger partial charge in [-0.3, -0.25) is 4.79 Å². The second-order valence-electron chi connectivity index (χ2n) is 5.41. The molecule has 1 aromatic heterocycles. The van der Waals surface area contributed by atoms with Gasteiger partial charge in [0.15, 0.2) is 0 Å².